The van der Waals surface area contributed by atoms with Gasteiger partial charge in [0.2, 0.25) is 17.7 Å². The molecule has 0 saturated carbocycles. The lowest BCUT2D eigenvalue weighted by Crippen LogP contribution is -2.58. The summed E-state index contributed by atoms with van der Waals surface area (Å²) in [5.41, 5.74) is 6.48. The van der Waals surface area contributed by atoms with E-state index in [1.165, 1.54) is 12.1 Å². The van der Waals surface area contributed by atoms with Crippen molar-refractivity contribution in [3.05, 3.63) is 29.8 Å². The summed E-state index contributed by atoms with van der Waals surface area (Å²) in [5.74, 6) is -3.49. The molecule has 11 nitrogen and oxygen atoms in total. The van der Waals surface area contributed by atoms with Crippen LogP contribution in [-0.4, -0.2) is 69.8 Å². The highest BCUT2D eigenvalue weighted by Gasteiger charge is 2.31. The monoisotopic (exact) mass is 480 g/mol. The molecule has 0 aliphatic rings. The second kappa shape index (κ2) is 13.5. The molecule has 0 heterocycles. The lowest BCUT2D eigenvalue weighted by molar-refractivity contribution is -0.143. The van der Waals surface area contributed by atoms with E-state index < -0.39 is 54.5 Å². The fourth-order valence-corrected chi connectivity index (χ4v) is 3.08. The molecular weight excluding hydrogens is 444 g/mol. The molecule has 0 saturated heterocycles. The van der Waals surface area contributed by atoms with Crippen LogP contribution in [0.1, 0.15) is 39.7 Å². The molecule has 3 amide bonds. The quantitative estimate of drug-likeness (QED) is 0.196. The first-order chi connectivity index (χ1) is 15.8. The highest BCUT2D eigenvalue weighted by molar-refractivity contribution is 5.94. The van der Waals surface area contributed by atoms with Gasteiger partial charge in [-0.2, -0.15) is 0 Å². The van der Waals surface area contributed by atoms with Crippen LogP contribution in [0.2, 0.25) is 0 Å². The maximum Gasteiger partial charge on any atom is 0.328 e. The Hall–Kier alpha value is -3.18. The highest BCUT2D eigenvalue weighted by atomic mass is 16.4. The second-order valence-electron chi connectivity index (χ2n) is 8.97. The third-order valence-corrected chi connectivity index (χ3v) is 5.17. The molecule has 34 heavy (non-hydrogen) atoms. The number of aliphatic hydroxyl groups excluding tert-OH is 1. The summed E-state index contributed by atoms with van der Waals surface area (Å²) in [6.45, 7) is 6.46. The zero-order valence-electron chi connectivity index (χ0n) is 19.9. The normalized spacial score (nSPS) is 14.7. The lowest BCUT2D eigenvalue weighted by atomic mass is 9.99. The first-order valence-electron chi connectivity index (χ1n) is 11.1. The largest absolute Gasteiger partial charge is 0.508 e. The number of benzene rings is 1. The Morgan fingerprint density at radius 2 is 1.35 bits per heavy atom. The van der Waals surface area contributed by atoms with E-state index in [1.807, 2.05) is 13.8 Å². The number of amides is 3. The number of carboxylic acid groups (broad SMARTS) is 1. The molecule has 0 bridgehead atoms. The fraction of sp³-hybridized carbons (Fsp3) is 0.565. The zero-order chi connectivity index (χ0) is 26.0. The van der Waals surface area contributed by atoms with Crippen LogP contribution < -0.4 is 21.7 Å². The van der Waals surface area contributed by atoms with E-state index in [-0.39, 0.29) is 30.4 Å². The Bertz CT molecular complexity index is 842. The summed E-state index contributed by atoms with van der Waals surface area (Å²) in [6.07, 6.45) is 0.258. The van der Waals surface area contributed by atoms with E-state index >= 15 is 0 Å². The van der Waals surface area contributed by atoms with E-state index in [9.17, 15) is 29.4 Å². The predicted molar refractivity (Wildman–Crippen MR) is 125 cm³/mol. The minimum absolute atomic E-state index is 0.0150. The molecule has 0 radical (unpaired) electrons. The molecule has 1 aromatic rings. The molecule has 0 spiro atoms. The summed E-state index contributed by atoms with van der Waals surface area (Å²) in [7, 11) is 0. The molecule has 8 N–H and O–H groups in total. The predicted octanol–water partition coefficient (Wildman–Crippen LogP) is -0.505. The SMILES string of the molecule is CC(C)CC(NC(=O)C(N)C(C)C)C(=O)NC(Cc1ccc(O)cc1)C(=O)NC(CO)C(=O)O. The number of carbonyl (C=O) groups is 4. The van der Waals surface area contributed by atoms with Crippen molar-refractivity contribution in [2.24, 2.45) is 17.6 Å². The van der Waals surface area contributed by atoms with Crippen molar-refractivity contribution >= 4 is 23.7 Å². The van der Waals surface area contributed by atoms with Gasteiger partial charge in [-0.25, -0.2) is 4.79 Å². The molecule has 0 aliphatic heterocycles. The van der Waals surface area contributed by atoms with Crippen LogP contribution in [0, 0.1) is 11.8 Å². The van der Waals surface area contributed by atoms with Gasteiger partial charge in [-0.05, 0) is 36.0 Å². The summed E-state index contributed by atoms with van der Waals surface area (Å²) < 4.78 is 0. The van der Waals surface area contributed by atoms with Gasteiger partial charge in [0.15, 0.2) is 0 Å². The average Bonchev–Trinajstić information content (AvgIpc) is 2.76. The van der Waals surface area contributed by atoms with E-state index in [0.717, 1.165) is 0 Å². The minimum atomic E-state index is -1.55. The first kappa shape index (κ1) is 28.9. The number of nitrogens with one attached hydrogen (secondary N) is 3. The smallest absolute Gasteiger partial charge is 0.328 e. The molecule has 0 fully saturated rings. The fourth-order valence-electron chi connectivity index (χ4n) is 3.08. The molecule has 4 atom stereocenters. The van der Waals surface area contributed by atoms with Gasteiger partial charge in [-0.15, -0.1) is 0 Å². The van der Waals surface area contributed by atoms with E-state index in [4.69, 9.17) is 10.8 Å². The number of aromatic hydroxyl groups is 1. The number of phenolic OH excluding ortho intramolecular Hbond substituents is 1. The van der Waals surface area contributed by atoms with Crippen LogP contribution in [0.3, 0.4) is 0 Å². The first-order valence-corrected chi connectivity index (χ1v) is 11.1. The van der Waals surface area contributed by atoms with Gasteiger partial charge in [0.25, 0.3) is 0 Å². The molecular formula is C23H36N4O7. The van der Waals surface area contributed by atoms with Crippen molar-refractivity contribution in [2.45, 2.75) is 64.7 Å². The van der Waals surface area contributed by atoms with Crippen LogP contribution in [0.15, 0.2) is 24.3 Å². The highest BCUT2D eigenvalue weighted by Crippen LogP contribution is 2.13. The Morgan fingerprint density at radius 1 is 0.853 bits per heavy atom. The number of carboxylic acids is 1. The lowest BCUT2D eigenvalue weighted by Gasteiger charge is -2.26. The maximum atomic E-state index is 13.1. The van der Waals surface area contributed by atoms with E-state index in [1.54, 1.807) is 26.0 Å². The standard InChI is InChI=1S/C23H36N4O7/c1-12(2)9-16(26-22(32)19(24)13(3)4)20(30)25-17(10-14-5-7-15(29)8-6-14)21(31)27-18(11-28)23(33)34/h5-8,12-13,16-19,28-29H,9-11,24H2,1-4H3,(H,25,30)(H,26,32)(H,27,31)(H,33,34). The van der Waals surface area contributed by atoms with Crippen LogP contribution >= 0.6 is 0 Å². The van der Waals surface area contributed by atoms with Crippen molar-refractivity contribution in [2.75, 3.05) is 6.61 Å². The Morgan fingerprint density at radius 3 is 1.82 bits per heavy atom. The van der Waals surface area contributed by atoms with Crippen molar-refractivity contribution in [1.29, 1.82) is 0 Å². The van der Waals surface area contributed by atoms with Crippen molar-refractivity contribution in [3.63, 3.8) is 0 Å². The second-order valence-corrected chi connectivity index (χ2v) is 8.97. The third kappa shape index (κ3) is 9.36. The number of rotatable bonds is 13. The van der Waals surface area contributed by atoms with Gasteiger partial charge in [0, 0.05) is 6.42 Å². The van der Waals surface area contributed by atoms with Crippen LogP contribution in [0.4, 0.5) is 0 Å². The molecule has 190 valence electrons. The van der Waals surface area contributed by atoms with Crippen molar-refractivity contribution in [1.82, 2.24) is 16.0 Å². The van der Waals surface area contributed by atoms with Gasteiger partial charge in [0.1, 0.15) is 23.9 Å². The van der Waals surface area contributed by atoms with Crippen molar-refractivity contribution < 1.29 is 34.5 Å². The zero-order valence-corrected chi connectivity index (χ0v) is 19.9. The number of phenols is 1. The molecule has 4 unspecified atom stereocenters. The van der Waals surface area contributed by atoms with Gasteiger partial charge < -0.3 is 37.0 Å². The molecule has 1 aromatic carbocycles. The number of nitrogens with two attached hydrogens (primary N) is 1. The number of carbonyl (C=O) groups excluding carboxylic acids is 3. The molecule has 0 aromatic heterocycles. The van der Waals surface area contributed by atoms with Crippen LogP contribution in [0.25, 0.3) is 0 Å². The minimum Gasteiger partial charge on any atom is -0.508 e. The van der Waals surface area contributed by atoms with Gasteiger partial charge >= 0.3 is 5.97 Å². The Kier molecular flexibility index (Phi) is 11.5. The van der Waals surface area contributed by atoms with E-state index in [0.29, 0.717) is 5.56 Å². The van der Waals surface area contributed by atoms with Crippen molar-refractivity contribution in [3.8, 4) is 5.75 Å². The van der Waals surface area contributed by atoms with E-state index in [2.05, 4.69) is 16.0 Å². The summed E-state index contributed by atoms with van der Waals surface area (Å²) >= 11 is 0. The van der Waals surface area contributed by atoms with Gasteiger partial charge in [0.05, 0.1) is 12.6 Å². The third-order valence-electron chi connectivity index (χ3n) is 5.17. The topological polar surface area (TPSA) is 191 Å². The Labute approximate surface area is 199 Å². The number of hydrogen-bond acceptors (Lipinski definition) is 7. The summed E-state index contributed by atoms with van der Waals surface area (Å²) in [4.78, 5) is 49.6. The molecule has 1 rings (SSSR count). The average molecular weight is 481 g/mol. The summed E-state index contributed by atoms with van der Waals surface area (Å²) in [6, 6.07) is 1.37. The summed E-state index contributed by atoms with van der Waals surface area (Å²) in [5, 5.41) is 35.3. The van der Waals surface area contributed by atoms with Crippen LogP contribution in [0.5, 0.6) is 5.75 Å². The molecule has 11 heteroatoms. The Balaban J connectivity index is 3.12. The molecule has 0 aliphatic carbocycles. The number of aliphatic hydroxyl groups is 1. The number of aliphatic carboxylic acids is 1. The van der Waals surface area contributed by atoms with Gasteiger partial charge in [-0.1, -0.05) is 39.8 Å². The number of hydrogen-bond donors (Lipinski definition) is 7. The maximum absolute atomic E-state index is 13.1. The van der Waals surface area contributed by atoms with Gasteiger partial charge in [-0.3, -0.25) is 14.4 Å². The van der Waals surface area contributed by atoms with Crippen LogP contribution in [-0.2, 0) is 25.6 Å².